The number of fused-ring (bicyclic) bond motifs is 1. The van der Waals surface area contributed by atoms with Crippen molar-refractivity contribution in [3.05, 3.63) is 57.0 Å². The highest BCUT2D eigenvalue weighted by molar-refractivity contribution is 7.14. The van der Waals surface area contributed by atoms with Gasteiger partial charge in [-0.3, -0.25) is 20.4 Å². The molecule has 0 radical (unpaired) electrons. The van der Waals surface area contributed by atoms with Crippen LogP contribution in [-0.4, -0.2) is 11.8 Å². The normalized spacial score (nSPS) is 16.2. The minimum Gasteiger partial charge on any atom is -0.273 e. The Bertz CT molecular complexity index is 787. The standard InChI is InChI=1S/C19H21FN2O2S/c1-2-12-7-8-16-14(9-12)10-17(25-16)19(24)22-21-18(23)11-13-5-3-4-6-15(13)20/h3-6,10,12H,2,7-9,11H2,1H3,(H,21,23)(H,22,24)/t12-/m0/s1. The second-order valence-corrected chi connectivity index (χ2v) is 7.48. The molecule has 0 aliphatic heterocycles. The van der Waals surface area contributed by atoms with E-state index in [9.17, 15) is 14.0 Å². The Labute approximate surface area is 150 Å². The first-order valence-electron chi connectivity index (χ1n) is 8.51. The molecule has 0 saturated heterocycles. The second kappa shape index (κ2) is 7.78. The molecule has 0 bridgehead atoms. The van der Waals surface area contributed by atoms with Gasteiger partial charge in [-0.15, -0.1) is 11.3 Å². The zero-order chi connectivity index (χ0) is 17.8. The third kappa shape index (κ3) is 4.25. The molecule has 132 valence electrons. The summed E-state index contributed by atoms with van der Waals surface area (Å²) in [6, 6.07) is 8.03. The number of carbonyl (C=O) groups excluding carboxylic acids is 2. The maximum atomic E-state index is 13.5. The van der Waals surface area contributed by atoms with Gasteiger partial charge in [0.25, 0.3) is 5.91 Å². The van der Waals surface area contributed by atoms with Gasteiger partial charge < -0.3 is 0 Å². The second-order valence-electron chi connectivity index (χ2n) is 6.35. The zero-order valence-corrected chi connectivity index (χ0v) is 14.9. The molecule has 1 aliphatic carbocycles. The molecule has 0 saturated carbocycles. The number of rotatable bonds is 4. The Kier molecular flexibility index (Phi) is 5.48. The number of halogens is 1. The van der Waals surface area contributed by atoms with Gasteiger partial charge in [-0.25, -0.2) is 4.39 Å². The van der Waals surface area contributed by atoms with E-state index >= 15 is 0 Å². The van der Waals surface area contributed by atoms with E-state index in [1.807, 2.05) is 6.07 Å². The average Bonchev–Trinajstić information content (AvgIpc) is 3.04. The fraction of sp³-hybridized carbons (Fsp3) is 0.368. The van der Waals surface area contributed by atoms with E-state index in [-0.39, 0.29) is 12.3 Å². The molecule has 1 aromatic heterocycles. The van der Waals surface area contributed by atoms with E-state index in [2.05, 4.69) is 17.8 Å². The molecule has 2 aromatic rings. The quantitative estimate of drug-likeness (QED) is 0.821. The van der Waals surface area contributed by atoms with Crippen molar-refractivity contribution in [3.8, 4) is 0 Å². The van der Waals surface area contributed by atoms with Crippen LogP contribution in [0, 0.1) is 11.7 Å². The molecule has 2 amide bonds. The van der Waals surface area contributed by atoms with Crippen LogP contribution in [0.4, 0.5) is 4.39 Å². The SMILES string of the molecule is CC[C@H]1CCc2sc(C(=O)NNC(=O)Cc3ccccc3F)cc2C1. The molecule has 3 rings (SSSR count). The van der Waals surface area contributed by atoms with Crippen molar-refractivity contribution in [1.82, 2.24) is 10.9 Å². The lowest BCUT2D eigenvalue weighted by Crippen LogP contribution is -2.42. The smallest absolute Gasteiger partial charge is 0.273 e. The zero-order valence-electron chi connectivity index (χ0n) is 14.1. The van der Waals surface area contributed by atoms with Gasteiger partial charge >= 0.3 is 0 Å². The van der Waals surface area contributed by atoms with Gasteiger partial charge in [0.05, 0.1) is 11.3 Å². The van der Waals surface area contributed by atoms with Crippen LogP contribution in [0.5, 0.6) is 0 Å². The number of carbonyl (C=O) groups is 2. The molecule has 1 aliphatic rings. The molecule has 1 heterocycles. The van der Waals surface area contributed by atoms with E-state index in [4.69, 9.17) is 0 Å². The van der Waals surface area contributed by atoms with Crippen LogP contribution in [0.3, 0.4) is 0 Å². The Morgan fingerprint density at radius 2 is 2.08 bits per heavy atom. The summed E-state index contributed by atoms with van der Waals surface area (Å²) < 4.78 is 13.5. The van der Waals surface area contributed by atoms with Crippen molar-refractivity contribution in [1.29, 1.82) is 0 Å². The molecule has 2 N–H and O–H groups in total. The van der Waals surface area contributed by atoms with Crippen LogP contribution in [0.2, 0.25) is 0 Å². The molecular weight excluding hydrogens is 339 g/mol. The Balaban J connectivity index is 1.55. The lowest BCUT2D eigenvalue weighted by Gasteiger charge is -2.19. The first kappa shape index (κ1) is 17.6. The summed E-state index contributed by atoms with van der Waals surface area (Å²) in [5.74, 6) is -0.515. The predicted molar refractivity (Wildman–Crippen MR) is 95.8 cm³/mol. The third-order valence-electron chi connectivity index (χ3n) is 4.61. The molecule has 4 nitrogen and oxygen atoms in total. The molecule has 0 spiro atoms. The van der Waals surface area contributed by atoms with Crippen molar-refractivity contribution in [2.24, 2.45) is 5.92 Å². The summed E-state index contributed by atoms with van der Waals surface area (Å²) in [4.78, 5) is 26.0. The highest BCUT2D eigenvalue weighted by Crippen LogP contribution is 2.33. The minimum absolute atomic E-state index is 0.119. The summed E-state index contributed by atoms with van der Waals surface area (Å²) >= 11 is 1.49. The molecular formula is C19H21FN2O2S. The van der Waals surface area contributed by atoms with Crippen molar-refractivity contribution in [3.63, 3.8) is 0 Å². The summed E-state index contributed by atoms with van der Waals surface area (Å²) in [6.07, 6.45) is 4.25. The number of amides is 2. The molecule has 1 atom stereocenters. The fourth-order valence-electron chi connectivity index (χ4n) is 3.11. The Hall–Kier alpha value is -2.21. The van der Waals surface area contributed by atoms with Crippen molar-refractivity contribution < 1.29 is 14.0 Å². The molecule has 25 heavy (non-hydrogen) atoms. The molecule has 1 aromatic carbocycles. The van der Waals surface area contributed by atoms with Crippen LogP contribution >= 0.6 is 11.3 Å². The van der Waals surface area contributed by atoms with E-state index in [1.54, 1.807) is 18.2 Å². The third-order valence-corrected chi connectivity index (χ3v) is 5.85. The fourth-order valence-corrected chi connectivity index (χ4v) is 4.21. The Morgan fingerprint density at radius 3 is 2.84 bits per heavy atom. The number of nitrogens with one attached hydrogen (secondary N) is 2. The van der Waals surface area contributed by atoms with Gasteiger partial charge in [0.15, 0.2) is 0 Å². The molecule has 6 heteroatoms. The van der Waals surface area contributed by atoms with Crippen LogP contribution in [0.25, 0.3) is 0 Å². The van der Waals surface area contributed by atoms with Crippen LogP contribution in [-0.2, 0) is 24.1 Å². The van der Waals surface area contributed by atoms with E-state index < -0.39 is 11.7 Å². The number of benzene rings is 1. The van der Waals surface area contributed by atoms with Gasteiger partial charge in [-0.1, -0.05) is 31.5 Å². The number of hydrazine groups is 1. The highest BCUT2D eigenvalue weighted by atomic mass is 32.1. The largest absolute Gasteiger partial charge is 0.279 e. The maximum absolute atomic E-state index is 13.5. The first-order valence-corrected chi connectivity index (χ1v) is 9.32. The van der Waals surface area contributed by atoms with Crippen molar-refractivity contribution in [2.45, 2.75) is 39.0 Å². The van der Waals surface area contributed by atoms with Gasteiger partial charge in [0.1, 0.15) is 5.82 Å². The summed E-state index contributed by atoms with van der Waals surface area (Å²) in [7, 11) is 0. The number of thiophene rings is 1. The van der Waals surface area contributed by atoms with Crippen molar-refractivity contribution in [2.75, 3.05) is 0 Å². The molecule has 0 fully saturated rings. The van der Waals surface area contributed by atoms with Crippen molar-refractivity contribution >= 4 is 23.2 Å². The number of hydrogen-bond acceptors (Lipinski definition) is 3. The van der Waals surface area contributed by atoms with Crippen LogP contribution in [0.1, 0.15) is 45.4 Å². The van der Waals surface area contributed by atoms with E-state index in [1.165, 1.54) is 34.3 Å². The Morgan fingerprint density at radius 1 is 1.28 bits per heavy atom. The summed E-state index contributed by atoms with van der Waals surface area (Å²) in [6.45, 7) is 2.20. The number of hydrogen-bond donors (Lipinski definition) is 2. The highest BCUT2D eigenvalue weighted by Gasteiger charge is 2.22. The lowest BCUT2D eigenvalue weighted by atomic mass is 9.87. The van der Waals surface area contributed by atoms with Crippen LogP contribution in [0.15, 0.2) is 30.3 Å². The molecule has 0 unspecified atom stereocenters. The average molecular weight is 360 g/mol. The maximum Gasteiger partial charge on any atom is 0.279 e. The number of aryl methyl sites for hydroxylation is 1. The van der Waals surface area contributed by atoms with E-state index in [0.717, 1.165) is 19.3 Å². The minimum atomic E-state index is -0.453. The van der Waals surface area contributed by atoms with Crippen LogP contribution < -0.4 is 10.9 Å². The lowest BCUT2D eigenvalue weighted by molar-refractivity contribution is -0.121. The summed E-state index contributed by atoms with van der Waals surface area (Å²) in [5, 5.41) is 0. The van der Waals surface area contributed by atoms with Gasteiger partial charge in [-0.2, -0.15) is 0 Å². The topological polar surface area (TPSA) is 58.2 Å². The van der Waals surface area contributed by atoms with Gasteiger partial charge in [0, 0.05) is 4.88 Å². The van der Waals surface area contributed by atoms with Gasteiger partial charge in [-0.05, 0) is 48.4 Å². The predicted octanol–water partition coefficient (Wildman–Crippen LogP) is 3.41. The first-order chi connectivity index (χ1) is 12.1. The summed E-state index contributed by atoms with van der Waals surface area (Å²) in [5.41, 5.74) is 6.33. The van der Waals surface area contributed by atoms with Gasteiger partial charge in [0.2, 0.25) is 5.91 Å². The van der Waals surface area contributed by atoms with E-state index in [0.29, 0.717) is 16.4 Å². The monoisotopic (exact) mass is 360 g/mol.